The van der Waals surface area contributed by atoms with Crippen molar-refractivity contribution >= 4 is 5.84 Å². The van der Waals surface area contributed by atoms with Gasteiger partial charge in [0.25, 0.3) is 0 Å². The average Bonchev–Trinajstić information content (AvgIpc) is 2.34. The number of likely N-dealkylation sites (N-methyl/N-ethyl adjacent to an activating group) is 1. The van der Waals surface area contributed by atoms with Crippen molar-refractivity contribution in [2.45, 2.75) is 13.3 Å². The van der Waals surface area contributed by atoms with Crippen LogP contribution in [0.1, 0.15) is 13.3 Å². The summed E-state index contributed by atoms with van der Waals surface area (Å²) in [4.78, 5) is 2.23. The fourth-order valence-electron chi connectivity index (χ4n) is 1.52. The van der Waals surface area contributed by atoms with E-state index >= 15 is 0 Å². The van der Waals surface area contributed by atoms with Gasteiger partial charge in [0.1, 0.15) is 12.4 Å². The average molecular weight is 235 g/mol. The molecule has 0 fully saturated rings. The van der Waals surface area contributed by atoms with Gasteiger partial charge in [-0.15, -0.1) is 0 Å². The van der Waals surface area contributed by atoms with Crippen molar-refractivity contribution < 1.29 is 4.74 Å². The van der Waals surface area contributed by atoms with E-state index in [1.54, 1.807) is 0 Å². The van der Waals surface area contributed by atoms with Crippen molar-refractivity contribution in [2.75, 3.05) is 26.2 Å². The monoisotopic (exact) mass is 235 g/mol. The van der Waals surface area contributed by atoms with Crippen LogP contribution < -0.4 is 10.5 Å². The first-order valence-corrected chi connectivity index (χ1v) is 5.95. The molecule has 3 N–H and O–H groups in total. The van der Waals surface area contributed by atoms with Crippen molar-refractivity contribution in [3.05, 3.63) is 30.3 Å². The van der Waals surface area contributed by atoms with Gasteiger partial charge in [-0.2, -0.15) is 0 Å². The molecule has 4 nitrogen and oxygen atoms in total. The molecule has 0 radical (unpaired) electrons. The molecule has 0 atom stereocenters. The summed E-state index contributed by atoms with van der Waals surface area (Å²) >= 11 is 0. The van der Waals surface area contributed by atoms with Gasteiger partial charge in [0.15, 0.2) is 0 Å². The number of benzene rings is 1. The zero-order valence-corrected chi connectivity index (χ0v) is 10.4. The lowest BCUT2D eigenvalue weighted by molar-refractivity contribution is 0.219. The molecule has 0 bridgehead atoms. The summed E-state index contributed by atoms with van der Waals surface area (Å²) in [6.45, 7) is 5.40. The summed E-state index contributed by atoms with van der Waals surface area (Å²) in [6, 6.07) is 9.79. The number of rotatable bonds is 8. The minimum atomic E-state index is 0.243. The fraction of sp³-hybridized carbons (Fsp3) is 0.462. The minimum absolute atomic E-state index is 0.243. The van der Waals surface area contributed by atoms with E-state index in [1.165, 1.54) is 0 Å². The van der Waals surface area contributed by atoms with Gasteiger partial charge in [-0.05, 0) is 18.7 Å². The van der Waals surface area contributed by atoms with Gasteiger partial charge in [0.2, 0.25) is 0 Å². The number of amidine groups is 1. The molecule has 0 aliphatic rings. The molecule has 1 aromatic rings. The molecule has 0 spiro atoms. The number of nitrogens with zero attached hydrogens (tertiary/aromatic N) is 1. The number of hydrogen-bond acceptors (Lipinski definition) is 3. The lowest BCUT2D eigenvalue weighted by atomic mass is 10.3. The second-order valence-corrected chi connectivity index (χ2v) is 3.87. The van der Waals surface area contributed by atoms with Crippen LogP contribution >= 0.6 is 0 Å². The van der Waals surface area contributed by atoms with E-state index in [9.17, 15) is 0 Å². The van der Waals surface area contributed by atoms with E-state index in [4.69, 9.17) is 15.9 Å². The van der Waals surface area contributed by atoms with E-state index < -0.39 is 0 Å². The zero-order valence-electron chi connectivity index (χ0n) is 10.4. The van der Waals surface area contributed by atoms with Crippen LogP contribution in [0.3, 0.4) is 0 Å². The summed E-state index contributed by atoms with van der Waals surface area (Å²) in [5.41, 5.74) is 5.34. The Morgan fingerprint density at radius 2 is 2.00 bits per heavy atom. The van der Waals surface area contributed by atoms with Crippen LogP contribution in [0.15, 0.2) is 30.3 Å². The number of nitrogens with two attached hydrogens (primary N) is 1. The molecule has 0 aliphatic heterocycles. The highest BCUT2D eigenvalue weighted by Crippen LogP contribution is 2.07. The Morgan fingerprint density at radius 3 is 2.59 bits per heavy atom. The second-order valence-electron chi connectivity index (χ2n) is 3.87. The predicted molar refractivity (Wildman–Crippen MR) is 70.6 cm³/mol. The van der Waals surface area contributed by atoms with Crippen LogP contribution in [-0.2, 0) is 0 Å². The molecule has 0 saturated carbocycles. The first kappa shape index (κ1) is 13.5. The third kappa shape index (κ3) is 5.92. The third-order valence-electron chi connectivity index (χ3n) is 2.56. The molecular weight excluding hydrogens is 214 g/mol. The number of para-hydroxylation sites is 1. The van der Waals surface area contributed by atoms with Gasteiger partial charge in [-0.3, -0.25) is 10.3 Å². The number of nitrogens with one attached hydrogen (secondary N) is 1. The van der Waals surface area contributed by atoms with Gasteiger partial charge >= 0.3 is 0 Å². The smallest absolute Gasteiger partial charge is 0.119 e. The Balaban J connectivity index is 2.21. The molecule has 94 valence electrons. The van der Waals surface area contributed by atoms with Gasteiger partial charge in [-0.25, -0.2) is 0 Å². The molecule has 0 aliphatic carbocycles. The largest absolute Gasteiger partial charge is 0.492 e. The summed E-state index contributed by atoms with van der Waals surface area (Å²) in [5, 5.41) is 7.19. The highest BCUT2D eigenvalue weighted by molar-refractivity contribution is 5.76. The van der Waals surface area contributed by atoms with Gasteiger partial charge in [0.05, 0.1) is 5.84 Å². The lowest BCUT2D eigenvalue weighted by Crippen LogP contribution is -2.31. The van der Waals surface area contributed by atoms with E-state index in [0.717, 1.165) is 25.4 Å². The Morgan fingerprint density at radius 1 is 1.29 bits per heavy atom. The highest BCUT2D eigenvalue weighted by Gasteiger charge is 2.03. The Bertz CT molecular complexity index is 327. The molecule has 0 unspecified atom stereocenters. The van der Waals surface area contributed by atoms with Gasteiger partial charge < -0.3 is 10.5 Å². The molecule has 0 aromatic heterocycles. The van der Waals surface area contributed by atoms with E-state index in [0.29, 0.717) is 13.0 Å². The van der Waals surface area contributed by atoms with Crippen molar-refractivity contribution in [1.29, 1.82) is 5.41 Å². The van der Waals surface area contributed by atoms with E-state index in [-0.39, 0.29) is 5.84 Å². The van der Waals surface area contributed by atoms with Crippen molar-refractivity contribution in [2.24, 2.45) is 5.73 Å². The zero-order chi connectivity index (χ0) is 12.5. The Labute approximate surface area is 103 Å². The van der Waals surface area contributed by atoms with Crippen LogP contribution in [0.2, 0.25) is 0 Å². The predicted octanol–water partition coefficient (Wildman–Crippen LogP) is 1.71. The van der Waals surface area contributed by atoms with Crippen molar-refractivity contribution in [3.8, 4) is 5.75 Å². The summed E-state index contributed by atoms with van der Waals surface area (Å²) in [7, 11) is 0. The SMILES string of the molecule is CCN(CCOc1ccccc1)CCC(=N)N. The van der Waals surface area contributed by atoms with E-state index in [1.807, 2.05) is 30.3 Å². The Hall–Kier alpha value is -1.55. The molecule has 1 rings (SSSR count). The van der Waals surface area contributed by atoms with E-state index in [2.05, 4.69) is 11.8 Å². The van der Waals surface area contributed by atoms with Gasteiger partial charge in [0, 0.05) is 19.5 Å². The normalized spacial score (nSPS) is 10.5. The maximum Gasteiger partial charge on any atom is 0.119 e. The standard InChI is InChI=1S/C13H21N3O/c1-2-16(9-8-13(14)15)10-11-17-12-6-4-3-5-7-12/h3-7H,2,8-11H2,1H3,(H3,14,15). The Kier molecular flexibility index (Phi) is 6.10. The van der Waals surface area contributed by atoms with Crippen molar-refractivity contribution in [3.63, 3.8) is 0 Å². The molecule has 4 heteroatoms. The maximum atomic E-state index is 7.19. The first-order valence-electron chi connectivity index (χ1n) is 5.95. The molecular formula is C13H21N3O. The van der Waals surface area contributed by atoms with Crippen LogP contribution in [0, 0.1) is 5.41 Å². The summed E-state index contributed by atoms with van der Waals surface area (Å²) < 4.78 is 5.62. The van der Waals surface area contributed by atoms with Crippen LogP contribution in [0.4, 0.5) is 0 Å². The lowest BCUT2D eigenvalue weighted by Gasteiger charge is -2.20. The summed E-state index contributed by atoms with van der Waals surface area (Å²) in [6.07, 6.45) is 0.624. The molecule has 0 amide bonds. The first-order chi connectivity index (χ1) is 8.22. The number of ether oxygens (including phenoxy) is 1. The minimum Gasteiger partial charge on any atom is -0.492 e. The topological polar surface area (TPSA) is 62.3 Å². The molecule has 17 heavy (non-hydrogen) atoms. The summed E-state index contributed by atoms with van der Waals surface area (Å²) in [5.74, 6) is 1.14. The van der Waals surface area contributed by atoms with Crippen molar-refractivity contribution in [1.82, 2.24) is 4.90 Å². The van der Waals surface area contributed by atoms with Gasteiger partial charge in [-0.1, -0.05) is 25.1 Å². The second kappa shape index (κ2) is 7.68. The number of hydrogen-bond donors (Lipinski definition) is 2. The fourth-order valence-corrected chi connectivity index (χ4v) is 1.52. The molecule has 1 aromatic carbocycles. The van der Waals surface area contributed by atoms with Crippen LogP contribution in [0.5, 0.6) is 5.75 Å². The molecule has 0 heterocycles. The quantitative estimate of drug-likeness (QED) is 0.532. The van der Waals surface area contributed by atoms with Crippen LogP contribution in [-0.4, -0.2) is 37.0 Å². The maximum absolute atomic E-state index is 7.19. The highest BCUT2D eigenvalue weighted by atomic mass is 16.5. The van der Waals surface area contributed by atoms with Crippen LogP contribution in [0.25, 0.3) is 0 Å². The molecule has 0 saturated heterocycles. The third-order valence-corrected chi connectivity index (χ3v) is 2.56.